The van der Waals surface area contributed by atoms with E-state index >= 15 is 0 Å². The normalized spacial score (nSPS) is 33.6. The first-order chi connectivity index (χ1) is 4.75. The summed E-state index contributed by atoms with van der Waals surface area (Å²) in [6.45, 7) is 4.55. The average molecular weight is 162 g/mol. The Labute approximate surface area is 68.3 Å². The predicted molar refractivity (Wildman–Crippen MR) is 45.0 cm³/mol. The van der Waals surface area contributed by atoms with Crippen LogP contribution in [0.4, 0.5) is 0 Å². The number of rotatable bonds is 2. The SMILES string of the molecule is CC(C)[C@@H]1CCC[C@H]1NCl. The first kappa shape index (κ1) is 8.35. The summed E-state index contributed by atoms with van der Waals surface area (Å²) < 4.78 is 0. The van der Waals surface area contributed by atoms with Gasteiger partial charge in [0.1, 0.15) is 0 Å². The first-order valence-electron chi connectivity index (χ1n) is 4.12. The van der Waals surface area contributed by atoms with Gasteiger partial charge in [-0.1, -0.05) is 20.3 Å². The lowest BCUT2D eigenvalue weighted by atomic mass is 9.92. The van der Waals surface area contributed by atoms with E-state index in [9.17, 15) is 0 Å². The molecule has 0 unspecified atom stereocenters. The fourth-order valence-electron chi connectivity index (χ4n) is 1.92. The van der Waals surface area contributed by atoms with Gasteiger partial charge in [-0.2, -0.15) is 0 Å². The van der Waals surface area contributed by atoms with Crippen molar-refractivity contribution in [3.8, 4) is 0 Å². The minimum Gasteiger partial charge on any atom is -0.230 e. The fourth-order valence-corrected chi connectivity index (χ4v) is 2.19. The minimum atomic E-state index is 0.571. The minimum absolute atomic E-state index is 0.571. The van der Waals surface area contributed by atoms with Crippen LogP contribution in [0.15, 0.2) is 0 Å². The molecular formula is C8H16ClN. The van der Waals surface area contributed by atoms with Gasteiger partial charge in [-0.3, -0.25) is 0 Å². The van der Waals surface area contributed by atoms with E-state index in [2.05, 4.69) is 18.7 Å². The third-order valence-electron chi connectivity index (χ3n) is 2.57. The Balaban J connectivity index is 2.42. The van der Waals surface area contributed by atoms with Gasteiger partial charge >= 0.3 is 0 Å². The van der Waals surface area contributed by atoms with Gasteiger partial charge in [-0.15, -0.1) is 0 Å². The molecule has 0 radical (unpaired) electrons. The topological polar surface area (TPSA) is 12.0 Å². The highest BCUT2D eigenvalue weighted by atomic mass is 35.5. The molecule has 0 heterocycles. The Morgan fingerprint density at radius 3 is 2.50 bits per heavy atom. The van der Waals surface area contributed by atoms with Crippen LogP contribution >= 0.6 is 11.8 Å². The fraction of sp³-hybridized carbons (Fsp3) is 1.00. The molecule has 0 aromatic carbocycles. The lowest BCUT2D eigenvalue weighted by Crippen LogP contribution is -2.28. The van der Waals surface area contributed by atoms with E-state index in [1.165, 1.54) is 19.3 Å². The zero-order valence-corrected chi connectivity index (χ0v) is 7.49. The largest absolute Gasteiger partial charge is 0.230 e. The molecule has 0 bridgehead atoms. The quantitative estimate of drug-likeness (QED) is 0.614. The van der Waals surface area contributed by atoms with E-state index in [0.717, 1.165) is 11.8 Å². The molecule has 10 heavy (non-hydrogen) atoms. The summed E-state index contributed by atoms with van der Waals surface area (Å²) in [6.07, 6.45) is 3.95. The summed E-state index contributed by atoms with van der Waals surface area (Å²) in [6, 6.07) is 0.571. The van der Waals surface area contributed by atoms with Gasteiger partial charge in [0.25, 0.3) is 0 Å². The van der Waals surface area contributed by atoms with Crippen LogP contribution in [-0.4, -0.2) is 6.04 Å². The van der Waals surface area contributed by atoms with E-state index in [1.54, 1.807) is 0 Å². The van der Waals surface area contributed by atoms with Gasteiger partial charge in [0.15, 0.2) is 0 Å². The molecule has 1 saturated carbocycles. The van der Waals surface area contributed by atoms with E-state index < -0.39 is 0 Å². The van der Waals surface area contributed by atoms with Crippen LogP contribution in [0.5, 0.6) is 0 Å². The van der Waals surface area contributed by atoms with Crippen molar-refractivity contribution in [3.05, 3.63) is 0 Å². The second kappa shape index (κ2) is 3.59. The number of halogens is 1. The van der Waals surface area contributed by atoms with Crippen molar-refractivity contribution >= 4 is 11.8 Å². The highest BCUT2D eigenvalue weighted by Crippen LogP contribution is 2.31. The molecule has 1 aliphatic rings. The van der Waals surface area contributed by atoms with E-state index in [4.69, 9.17) is 11.8 Å². The average Bonchev–Trinajstić information content (AvgIpc) is 2.33. The van der Waals surface area contributed by atoms with E-state index in [0.29, 0.717) is 6.04 Å². The van der Waals surface area contributed by atoms with Gasteiger partial charge in [-0.25, -0.2) is 4.84 Å². The second-order valence-corrected chi connectivity index (χ2v) is 3.77. The maximum atomic E-state index is 5.60. The molecule has 0 aromatic rings. The van der Waals surface area contributed by atoms with Crippen molar-refractivity contribution in [2.45, 2.75) is 39.2 Å². The maximum absolute atomic E-state index is 5.60. The molecule has 2 atom stereocenters. The molecule has 0 saturated heterocycles. The summed E-state index contributed by atoms with van der Waals surface area (Å²) in [5.74, 6) is 1.58. The molecule has 1 nitrogen and oxygen atoms in total. The summed E-state index contributed by atoms with van der Waals surface area (Å²) in [4.78, 5) is 2.87. The molecule has 0 aromatic heterocycles. The van der Waals surface area contributed by atoms with Crippen LogP contribution in [0.25, 0.3) is 0 Å². The van der Waals surface area contributed by atoms with Crippen molar-refractivity contribution in [2.75, 3.05) is 0 Å². The Morgan fingerprint density at radius 1 is 1.40 bits per heavy atom. The summed E-state index contributed by atoms with van der Waals surface area (Å²) in [7, 11) is 0. The Kier molecular flexibility index (Phi) is 2.99. The molecule has 2 heteroatoms. The zero-order chi connectivity index (χ0) is 7.56. The van der Waals surface area contributed by atoms with Gasteiger partial charge in [-0.05, 0) is 36.5 Å². The third kappa shape index (κ3) is 1.64. The highest BCUT2D eigenvalue weighted by Gasteiger charge is 2.28. The zero-order valence-electron chi connectivity index (χ0n) is 6.73. The van der Waals surface area contributed by atoms with Crippen LogP contribution in [0, 0.1) is 11.8 Å². The van der Waals surface area contributed by atoms with Gasteiger partial charge in [0, 0.05) is 6.04 Å². The molecule has 0 amide bonds. The van der Waals surface area contributed by atoms with Crippen LogP contribution in [0.3, 0.4) is 0 Å². The van der Waals surface area contributed by atoms with E-state index in [1.807, 2.05) is 0 Å². The number of hydrogen-bond acceptors (Lipinski definition) is 1. The van der Waals surface area contributed by atoms with Crippen LogP contribution in [-0.2, 0) is 0 Å². The van der Waals surface area contributed by atoms with Gasteiger partial charge < -0.3 is 0 Å². The monoisotopic (exact) mass is 161 g/mol. The summed E-state index contributed by atoms with van der Waals surface area (Å²) in [5, 5.41) is 0. The smallest absolute Gasteiger partial charge is 0.0251 e. The molecule has 1 N–H and O–H groups in total. The van der Waals surface area contributed by atoms with Crippen LogP contribution in [0.2, 0.25) is 0 Å². The van der Waals surface area contributed by atoms with Crippen molar-refractivity contribution in [2.24, 2.45) is 11.8 Å². The third-order valence-corrected chi connectivity index (χ3v) is 2.85. The second-order valence-electron chi connectivity index (χ2n) is 3.55. The molecule has 60 valence electrons. The van der Waals surface area contributed by atoms with Crippen molar-refractivity contribution in [1.29, 1.82) is 0 Å². The van der Waals surface area contributed by atoms with Crippen LogP contribution < -0.4 is 4.84 Å². The van der Waals surface area contributed by atoms with Crippen molar-refractivity contribution in [1.82, 2.24) is 4.84 Å². The standard InChI is InChI=1S/C8H16ClN/c1-6(2)7-4-3-5-8(7)10-9/h6-8,10H,3-5H2,1-2H3/t7-,8+/m0/s1. The number of nitrogens with one attached hydrogen (secondary N) is 1. The molecule has 1 fully saturated rings. The molecule has 0 aliphatic heterocycles. The molecule has 1 rings (SSSR count). The molecular weight excluding hydrogens is 146 g/mol. The Bertz CT molecular complexity index is 103. The van der Waals surface area contributed by atoms with Gasteiger partial charge in [0.2, 0.25) is 0 Å². The summed E-state index contributed by atoms with van der Waals surface area (Å²) >= 11 is 5.60. The predicted octanol–water partition coefficient (Wildman–Crippen LogP) is 2.55. The maximum Gasteiger partial charge on any atom is 0.0251 e. The summed E-state index contributed by atoms with van der Waals surface area (Å²) in [5.41, 5.74) is 0. The Hall–Kier alpha value is 0.250. The number of hydrogen-bond donors (Lipinski definition) is 1. The van der Waals surface area contributed by atoms with E-state index in [-0.39, 0.29) is 0 Å². The van der Waals surface area contributed by atoms with Crippen LogP contribution in [0.1, 0.15) is 33.1 Å². The Morgan fingerprint density at radius 2 is 2.10 bits per heavy atom. The highest BCUT2D eigenvalue weighted by molar-refractivity contribution is 6.13. The van der Waals surface area contributed by atoms with Crippen molar-refractivity contribution in [3.63, 3.8) is 0 Å². The lowest BCUT2D eigenvalue weighted by Gasteiger charge is -2.20. The molecule has 1 aliphatic carbocycles. The lowest BCUT2D eigenvalue weighted by molar-refractivity contribution is 0.344. The molecule has 0 spiro atoms. The first-order valence-corrected chi connectivity index (χ1v) is 4.49. The van der Waals surface area contributed by atoms with Crippen molar-refractivity contribution < 1.29 is 0 Å². The van der Waals surface area contributed by atoms with Gasteiger partial charge in [0.05, 0.1) is 0 Å².